The quantitative estimate of drug-likeness (QED) is 0.547. The van der Waals surface area contributed by atoms with E-state index in [0.717, 1.165) is 17.2 Å². The summed E-state index contributed by atoms with van der Waals surface area (Å²) >= 11 is 1.90. The summed E-state index contributed by atoms with van der Waals surface area (Å²) in [6, 6.07) is 2.23. The van der Waals surface area contributed by atoms with Crippen LogP contribution in [0.4, 0.5) is 0 Å². The first-order chi connectivity index (χ1) is 5.40. The van der Waals surface area contributed by atoms with Crippen LogP contribution in [0.3, 0.4) is 0 Å². The molecule has 0 N–H and O–H groups in total. The van der Waals surface area contributed by atoms with Gasteiger partial charge in [-0.3, -0.25) is 0 Å². The molecule has 1 aliphatic carbocycles. The van der Waals surface area contributed by atoms with Crippen molar-refractivity contribution >= 4 is 11.8 Å². The normalized spacial score (nSPS) is 34.3. The lowest BCUT2D eigenvalue weighted by atomic mass is 9.91. The van der Waals surface area contributed by atoms with Crippen LogP contribution >= 0.6 is 11.8 Å². The number of allylic oxidation sites excluding steroid dienone is 3. The van der Waals surface area contributed by atoms with Gasteiger partial charge in [0.2, 0.25) is 0 Å². The second-order valence-electron chi connectivity index (χ2n) is 2.92. The van der Waals surface area contributed by atoms with E-state index < -0.39 is 0 Å². The Morgan fingerprint density at radius 2 is 2.55 bits per heavy atom. The third kappa shape index (κ3) is 1.21. The van der Waals surface area contributed by atoms with Crippen molar-refractivity contribution in [3.8, 4) is 6.07 Å². The fraction of sp³-hybridized carbons (Fsp3) is 0.444. The van der Waals surface area contributed by atoms with Crippen LogP contribution in [-0.2, 0) is 0 Å². The minimum absolute atomic E-state index is 0.545. The van der Waals surface area contributed by atoms with E-state index in [1.165, 1.54) is 6.42 Å². The number of fused-ring (bicyclic) bond motifs is 1. The van der Waals surface area contributed by atoms with Crippen LogP contribution in [0.25, 0.3) is 0 Å². The smallest absolute Gasteiger partial charge is 0.0943 e. The molecule has 0 saturated carbocycles. The Kier molecular flexibility index (Phi) is 1.75. The van der Waals surface area contributed by atoms with Crippen LogP contribution in [0.1, 0.15) is 12.8 Å². The van der Waals surface area contributed by atoms with Gasteiger partial charge in [0.15, 0.2) is 0 Å². The number of thioether (sulfide) groups is 1. The summed E-state index contributed by atoms with van der Waals surface area (Å²) in [7, 11) is 0. The van der Waals surface area contributed by atoms with Crippen molar-refractivity contribution in [2.45, 2.75) is 18.1 Å². The molecule has 1 heterocycles. The van der Waals surface area contributed by atoms with E-state index in [2.05, 4.69) is 23.6 Å². The van der Waals surface area contributed by atoms with Crippen LogP contribution in [-0.4, -0.2) is 5.25 Å². The highest BCUT2D eigenvalue weighted by molar-refractivity contribution is 8.03. The van der Waals surface area contributed by atoms with Gasteiger partial charge in [0.25, 0.3) is 0 Å². The Labute approximate surface area is 70.8 Å². The van der Waals surface area contributed by atoms with Crippen LogP contribution in [0, 0.1) is 17.2 Å². The Balaban J connectivity index is 2.21. The first kappa shape index (κ1) is 7.00. The first-order valence-electron chi connectivity index (χ1n) is 3.83. The fourth-order valence-electron chi connectivity index (χ4n) is 1.58. The molecule has 1 unspecified atom stereocenters. The van der Waals surface area contributed by atoms with Gasteiger partial charge in [0, 0.05) is 16.7 Å². The van der Waals surface area contributed by atoms with Crippen molar-refractivity contribution < 1.29 is 0 Å². The molecule has 0 spiro atoms. The van der Waals surface area contributed by atoms with Gasteiger partial charge in [0.05, 0.1) is 6.07 Å². The number of nitrogens with zero attached hydrogens (tertiary/aromatic N) is 1. The monoisotopic (exact) mass is 163 g/mol. The fourth-order valence-corrected chi connectivity index (χ4v) is 2.66. The van der Waals surface area contributed by atoms with Crippen molar-refractivity contribution in [3.05, 3.63) is 23.1 Å². The number of nitriles is 1. The highest BCUT2D eigenvalue weighted by atomic mass is 32.2. The van der Waals surface area contributed by atoms with Gasteiger partial charge in [-0.25, -0.2) is 0 Å². The average molecular weight is 163 g/mol. The van der Waals surface area contributed by atoms with E-state index in [0.29, 0.717) is 5.92 Å². The van der Waals surface area contributed by atoms with E-state index >= 15 is 0 Å². The maximum absolute atomic E-state index is 8.66. The SMILES string of the molecule is N#CC1=CC2C=CS[C@@H]2CC1. The summed E-state index contributed by atoms with van der Waals surface area (Å²) in [6.07, 6.45) is 6.46. The minimum atomic E-state index is 0.545. The van der Waals surface area contributed by atoms with Gasteiger partial charge in [-0.2, -0.15) is 5.26 Å². The molecule has 1 aliphatic heterocycles. The van der Waals surface area contributed by atoms with Crippen molar-refractivity contribution in [1.82, 2.24) is 0 Å². The predicted molar refractivity (Wildman–Crippen MR) is 46.9 cm³/mol. The van der Waals surface area contributed by atoms with Gasteiger partial charge in [-0.05, 0) is 18.2 Å². The molecule has 0 radical (unpaired) electrons. The molecule has 2 aliphatic rings. The molecule has 0 aromatic carbocycles. The van der Waals surface area contributed by atoms with Gasteiger partial charge in [-0.15, -0.1) is 11.8 Å². The lowest BCUT2D eigenvalue weighted by Crippen LogP contribution is -2.14. The molecule has 1 nitrogen and oxygen atoms in total. The number of hydrogen-bond donors (Lipinski definition) is 0. The summed E-state index contributed by atoms with van der Waals surface area (Å²) < 4.78 is 0. The van der Waals surface area contributed by atoms with Crippen LogP contribution in [0.2, 0.25) is 0 Å². The number of hydrogen-bond acceptors (Lipinski definition) is 2. The predicted octanol–water partition coefficient (Wildman–Crippen LogP) is 2.48. The third-order valence-electron chi connectivity index (χ3n) is 2.22. The first-order valence-corrected chi connectivity index (χ1v) is 4.77. The summed E-state index contributed by atoms with van der Waals surface area (Å²) in [5, 5.41) is 11.5. The molecule has 56 valence electrons. The summed E-state index contributed by atoms with van der Waals surface area (Å²) in [5.41, 5.74) is 0.971. The van der Waals surface area contributed by atoms with Crippen molar-refractivity contribution in [3.63, 3.8) is 0 Å². The molecule has 0 fully saturated rings. The van der Waals surface area contributed by atoms with Crippen LogP contribution < -0.4 is 0 Å². The molecule has 0 aromatic heterocycles. The summed E-state index contributed by atoms with van der Waals surface area (Å²) in [4.78, 5) is 0. The molecule has 2 rings (SSSR count). The third-order valence-corrected chi connectivity index (χ3v) is 3.43. The van der Waals surface area contributed by atoms with Crippen molar-refractivity contribution in [1.29, 1.82) is 5.26 Å². The summed E-state index contributed by atoms with van der Waals surface area (Å²) in [6.45, 7) is 0. The lowest BCUT2D eigenvalue weighted by molar-refractivity contribution is 0.647. The lowest BCUT2D eigenvalue weighted by Gasteiger charge is -2.19. The van der Waals surface area contributed by atoms with Crippen molar-refractivity contribution in [2.75, 3.05) is 0 Å². The average Bonchev–Trinajstić information content (AvgIpc) is 2.50. The molecule has 11 heavy (non-hydrogen) atoms. The maximum atomic E-state index is 8.66. The van der Waals surface area contributed by atoms with Gasteiger partial charge in [-0.1, -0.05) is 12.2 Å². The topological polar surface area (TPSA) is 23.8 Å². The van der Waals surface area contributed by atoms with E-state index in [-0.39, 0.29) is 0 Å². The highest BCUT2D eigenvalue weighted by Crippen LogP contribution is 2.38. The van der Waals surface area contributed by atoms with E-state index in [4.69, 9.17) is 5.26 Å². The molecule has 2 atom stereocenters. The second-order valence-corrected chi connectivity index (χ2v) is 4.07. The Morgan fingerprint density at radius 1 is 1.64 bits per heavy atom. The Hall–Kier alpha value is -0.680. The van der Waals surface area contributed by atoms with E-state index in [1.54, 1.807) is 0 Å². The van der Waals surface area contributed by atoms with Crippen molar-refractivity contribution in [2.24, 2.45) is 5.92 Å². The Bertz CT molecular complexity index is 259. The van der Waals surface area contributed by atoms with Crippen LogP contribution in [0.15, 0.2) is 23.1 Å². The maximum Gasteiger partial charge on any atom is 0.0943 e. The van der Waals surface area contributed by atoms with Gasteiger partial charge in [0.1, 0.15) is 0 Å². The van der Waals surface area contributed by atoms with E-state index in [1.807, 2.05) is 11.8 Å². The molecule has 0 saturated heterocycles. The molecule has 0 aromatic rings. The highest BCUT2D eigenvalue weighted by Gasteiger charge is 2.25. The molecule has 2 heteroatoms. The zero-order valence-corrected chi connectivity index (χ0v) is 6.97. The standard InChI is InChI=1S/C9H9NS/c10-6-7-1-2-9-8(5-7)3-4-11-9/h3-5,8-9H,1-2H2/t8?,9-/m1/s1. The Morgan fingerprint density at radius 3 is 3.36 bits per heavy atom. The minimum Gasteiger partial charge on any atom is -0.193 e. The largest absolute Gasteiger partial charge is 0.193 e. The molecule has 0 amide bonds. The second kappa shape index (κ2) is 2.75. The van der Waals surface area contributed by atoms with Gasteiger partial charge < -0.3 is 0 Å². The molecular weight excluding hydrogens is 154 g/mol. The van der Waals surface area contributed by atoms with Crippen LogP contribution in [0.5, 0.6) is 0 Å². The number of rotatable bonds is 0. The summed E-state index contributed by atoms with van der Waals surface area (Å²) in [5.74, 6) is 0.545. The zero-order chi connectivity index (χ0) is 7.68. The van der Waals surface area contributed by atoms with Gasteiger partial charge >= 0.3 is 0 Å². The zero-order valence-electron chi connectivity index (χ0n) is 6.16. The molecular formula is C9H9NS. The van der Waals surface area contributed by atoms with E-state index in [9.17, 15) is 0 Å². The molecule has 0 bridgehead atoms.